The lowest BCUT2D eigenvalue weighted by molar-refractivity contribution is -0.130. The highest BCUT2D eigenvalue weighted by atomic mass is 16.2. The van der Waals surface area contributed by atoms with Crippen LogP contribution in [0.3, 0.4) is 0 Å². The Morgan fingerprint density at radius 3 is 1.88 bits per heavy atom. The van der Waals surface area contributed by atoms with Gasteiger partial charge >= 0.3 is 0 Å². The van der Waals surface area contributed by atoms with Crippen LogP contribution < -0.4 is 0 Å². The summed E-state index contributed by atoms with van der Waals surface area (Å²) >= 11 is 0. The highest BCUT2D eigenvalue weighted by molar-refractivity contribution is 6.06. The molecule has 0 N–H and O–H groups in total. The molecule has 0 saturated carbocycles. The van der Waals surface area contributed by atoms with E-state index in [4.69, 9.17) is 0 Å². The lowest BCUT2D eigenvalue weighted by Crippen LogP contribution is -2.22. The fraction of sp³-hybridized carbons (Fsp3) is 0.357. The van der Waals surface area contributed by atoms with E-state index >= 15 is 0 Å². The summed E-state index contributed by atoms with van der Waals surface area (Å²) in [5.41, 5.74) is 1.61. The molecule has 1 aromatic carbocycles. The molecule has 3 heteroatoms. The van der Waals surface area contributed by atoms with Gasteiger partial charge in [0.25, 0.3) is 0 Å². The molecule has 0 aliphatic carbocycles. The average Bonchev–Trinajstić information content (AvgIpc) is 2.25. The number of Topliss-reactive ketones (excluding diaryl/α,β-unsaturated/α-hetero) is 3. The monoisotopic (exact) mass is 232 g/mol. The fourth-order valence-electron chi connectivity index (χ4n) is 1.62. The van der Waals surface area contributed by atoms with Gasteiger partial charge in [-0.05, 0) is 20.8 Å². The highest BCUT2D eigenvalue weighted by Crippen LogP contribution is 2.13. The van der Waals surface area contributed by atoms with Crippen molar-refractivity contribution in [2.75, 3.05) is 0 Å². The number of hydrogen-bond acceptors (Lipinski definition) is 3. The van der Waals surface area contributed by atoms with Gasteiger partial charge in [0.15, 0.2) is 5.78 Å². The van der Waals surface area contributed by atoms with Crippen molar-refractivity contribution < 1.29 is 14.4 Å². The molecule has 17 heavy (non-hydrogen) atoms. The third-order valence-corrected chi connectivity index (χ3v) is 2.74. The summed E-state index contributed by atoms with van der Waals surface area (Å²) in [7, 11) is 0. The van der Waals surface area contributed by atoms with Crippen molar-refractivity contribution in [1.82, 2.24) is 0 Å². The molecule has 0 heterocycles. The molecular weight excluding hydrogens is 216 g/mol. The number of aryl methyl sites for hydroxylation is 1. The molecule has 0 saturated heterocycles. The van der Waals surface area contributed by atoms with Gasteiger partial charge in [-0.15, -0.1) is 0 Å². The molecule has 90 valence electrons. The fourth-order valence-corrected chi connectivity index (χ4v) is 1.62. The second-order valence-electron chi connectivity index (χ2n) is 4.27. The van der Waals surface area contributed by atoms with Crippen LogP contribution in [0.15, 0.2) is 24.3 Å². The van der Waals surface area contributed by atoms with E-state index in [2.05, 4.69) is 0 Å². The van der Waals surface area contributed by atoms with Gasteiger partial charge in [0.05, 0.1) is 5.92 Å². The SMILES string of the molecule is CC(=O)C(CC(=O)c1ccc(C)cc1)C(C)=O. The number of benzene rings is 1. The van der Waals surface area contributed by atoms with Gasteiger partial charge < -0.3 is 0 Å². The van der Waals surface area contributed by atoms with Gasteiger partial charge in [0, 0.05) is 12.0 Å². The van der Waals surface area contributed by atoms with E-state index in [0.717, 1.165) is 5.56 Å². The summed E-state index contributed by atoms with van der Waals surface area (Å²) in [6.07, 6.45) is -0.0340. The van der Waals surface area contributed by atoms with Gasteiger partial charge in [0.1, 0.15) is 11.6 Å². The Kier molecular flexibility index (Phi) is 4.32. The number of ketones is 3. The summed E-state index contributed by atoms with van der Waals surface area (Å²) in [4.78, 5) is 34.3. The quantitative estimate of drug-likeness (QED) is 0.578. The molecule has 0 radical (unpaired) electrons. The normalized spacial score (nSPS) is 10.4. The Balaban J connectivity index is 2.81. The molecule has 0 aromatic heterocycles. The third-order valence-electron chi connectivity index (χ3n) is 2.74. The van der Waals surface area contributed by atoms with Crippen molar-refractivity contribution in [3.05, 3.63) is 35.4 Å². The van der Waals surface area contributed by atoms with Gasteiger partial charge in [-0.1, -0.05) is 29.8 Å². The number of hydrogen-bond donors (Lipinski definition) is 0. The van der Waals surface area contributed by atoms with Gasteiger partial charge in [-0.25, -0.2) is 0 Å². The van der Waals surface area contributed by atoms with E-state index in [-0.39, 0.29) is 23.8 Å². The Labute approximate surface area is 101 Å². The van der Waals surface area contributed by atoms with Gasteiger partial charge in [-0.2, -0.15) is 0 Å². The second kappa shape index (κ2) is 5.53. The molecule has 0 amide bonds. The Hall–Kier alpha value is -1.77. The largest absolute Gasteiger partial charge is 0.299 e. The summed E-state index contributed by atoms with van der Waals surface area (Å²) < 4.78 is 0. The number of rotatable bonds is 5. The number of carbonyl (C=O) groups is 3. The molecule has 1 rings (SSSR count). The van der Waals surface area contributed by atoms with E-state index in [9.17, 15) is 14.4 Å². The summed E-state index contributed by atoms with van der Waals surface area (Å²) in [6.45, 7) is 4.62. The van der Waals surface area contributed by atoms with Gasteiger partial charge in [-0.3, -0.25) is 14.4 Å². The first-order valence-corrected chi connectivity index (χ1v) is 5.52. The summed E-state index contributed by atoms with van der Waals surface area (Å²) in [5.74, 6) is -1.47. The minimum absolute atomic E-state index is 0.0340. The van der Waals surface area contributed by atoms with Crippen LogP contribution in [0.2, 0.25) is 0 Å². The van der Waals surface area contributed by atoms with Crippen molar-refractivity contribution in [2.24, 2.45) is 5.92 Å². The minimum Gasteiger partial charge on any atom is -0.299 e. The molecule has 3 nitrogen and oxygen atoms in total. The Morgan fingerprint density at radius 2 is 1.47 bits per heavy atom. The molecular formula is C14H16O3. The predicted octanol–water partition coefficient (Wildman–Crippen LogP) is 2.36. The van der Waals surface area contributed by atoms with Crippen LogP contribution >= 0.6 is 0 Å². The van der Waals surface area contributed by atoms with Crippen LogP contribution in [-0.2, 0) is 9.59 Å². The van der Waals surface area contributed by atoms with E-state index in [0.29, 0.717) is 5.56 Å². The van der Waals surface area contributed by atoms with Crippen LogP contribution in [0.4, 0.5) is 0 Å². The lowest BCUT2D eigenvalue weighted by Gasteiger charge is -2.09. The molecule has 0 spiro atoms. The lowest BCUT2D eigenvalue weighted by atomic mass is 9.92. The maximum atomic E-state index is 11.9. The van der Waals surface area contributed by atoms with Crippen LogP contribution in [0.5, 0.6) is 0 Å². The molecule has 0 fully saturated rings. The van der Waals surface area contributed by atoms with E-state index in [1.54, 1.807) is 12.1 Å². The first kappa shape index (κ1) is 13.3. The first-order chi connectivity index (χ1) is 7.91. The van der Waals surface area contributed by atoms with Crippen molar-refractivity contribution >= 4 is 17.3 Å². The Morgan fingerprint density at radius 1 is 1.00 bits per heavy atom. The van der Waals surface area contributed by atoms with E-state index in [1.165, 1.54) is 13.8 Å². The maximum Gasteiger partial charge on any atom is 0.164 e. The molecule has 0 unspecified atom stereocenters. The standard InChI is InChI=1S/C14H16O3/c1-9-4-6-12(7-5-9)14(17)8-13(10(2)15)11(3)16/h4-7,13H,8H2,1-3H3. The summed E-state index contributed by atoms with van der Waals surface area (Å²) in [5, 5.41) is 0. The minimum atomic E-state index is -0.802. The zero-order chi connectivity index (χ0) is 13.0. The van der Waals surface area contributed by atoms with Crippen LogP contribution in [-0.4, -0.2) is 17.3 Å². The van der Waals surface area contributed by atoms with Crippen LogP contribution in [0.25, 0.3) is 0 Å². The van der Waals surface area contributed by atoms with Gasteiger partial charge in [0.2, 0.25) is 0 Å². The first-order valence-electron chi connectivity index (χ1n) is 5.52. The molecule has 0 atom stereocenters. The third kappa shape index (κ3) is 3.63. The zero-order valence-electron chi connectivity index (χ0n) is 10.3. The second-order valence-corrected chi connectivity index (χ2v) is 4.27. The Bertz CT molecular complexity index is 429. The van der Waals surface area contributed by atoms with Crippen LogP contribution in [0.1, 0.15) is 36.2 Å². The summed E-state index contributed by atoms with van der Waals surface area (Å²) in [6, 6.07) is 7.11. The van der Waals surface area contributed by atoms with Crippen molar-refractivity contribution in [3.8, 4) is 0 Å². The topological polar surface area (TPSA) is 51.2 Å². The molecule has 0 bridgehead atoms. The van der Waals surface area contributed by atoms with E-state index < -0.39 is 5.92 Å². The highest BCUT2D eigenvalue weighted by Gasteiger charge is 2.23. The maximum absolute atomic E-state index is 11.9. The van der Waals surface area contributed by atoms with E-state index in [1.807, 2.05) is 19.1 Å². The molecule has 0 aliphatic heterocycles. The molecule has 0 aliphatic rings. The number of carbonyl (C=O) groups excluding carboxylic acids is 3. The van der Waals surface area contributed by atoms with Crippen LogP contribution in [0, 0.1) is 12.8 Å². The zero-order valence-corrected chi connectivity index (χ0v) is 10.3. The van der Waals surface area contributed by atoms with Crippen molar-refractivity contribution in [3.63, 3.8) is 0 Å². The van der Waals surface area contributed by atoms with Crippen molar-refractivity contribution in [2.45, 2.75) is 27.2 Å². The molecule has 1 aromatic rings. The average molecular weight is 232 g/mol. The predicted molar refractivity (Wildman–Crippen MR) is 65.0 cm³/mol. The smallest absolute Gasteiger partial charge is 0.164 e. The van der Waals surface area contributed by atoms with Crippen molar-refractivity contribution in [1.29, 1.82) is 0 Å².